The molecule has 0 spiro atoms. The summed E-state index contributed by atoms with van der Waals surface area (Å²) in [5, 5.41) is 0. The highest BCUT2D eigenvalue weighted by molar-refractivity contribution is 4.76. The second-order valence-corrected chi connectivity index (χ2v) is 4.16. The zero-order valence-electron chi connectivity index (χ0n) is 8.90. The topological polar surface area (TPSA) is 9.23 Å². The minimum absolute atomic E-state index is 0.512. The number of hydrogen-bond donors (Lipinski definition) is 0. The number of rotatable bonds is 2. The summed E-state index contributed by atoms with van der Waals surface area (Å²) in [6.07, 6.45) is 6.78. The van der Waals surface area contributed by atoms with Crippen molar-refractivity contribution >= 4 is 0 Å². The fourth-order valence-corrected chi connectivity index (χ4v) is 1.79. The van der Waals surface area contributed by atoms with E-state index in [0.29, 0.717) is 12.8 Å². The van der Waals surface area contributed by atoms with Crippen molar-refractivity contribution in [3.63, 3.8) is 0 Å². The van der Waals surface area contributed by atoms with Gasteiger partial charge < -0.3 is 4.74 Å². The molecule has 2 aliphatic rings. The van der Waals surface area contributed by atoms with Crippen LogP contribution in [0.3, 0.4) is 0 Å². The first-order valence-electron chi connectivity index (χ1n) is 5.60. The lowest BCUT2D eigenvalue weighted by Crippen LogP contribution is -2.34. The SMILES string of the molecule is C1CCCC1.COC(F)(F)C1CCC1. The highest BCUT2D eigenvalue weighted by atomic mass is 19.3. The van der Waals surface area contributed by atoms with Crippen molar-refractivity contribution in [2.75, 3.05) is 7.11 Å². The Hall–Kier alpha value is -0.180. The quantitative estimate of drug-likeness (QED) is 0.664. The molecule has 0 N–H and O–H groups in total. The van der Waals surface area contributed by atoms with Gasteiger partial charge in [-0.2, -0.15) is 8.78 Å². The maximum absolute atomic E-state index is 12.4. The highest BCUT2D eigenvalue weighted by Gasteiger charge is 2.42. The van der Waals surface area contributed by atoms with Crippen molar-refractivity contribution in [2.24, 2.45) is 5.92 Å². The van der Waals surface area contributed by atoms with Crippen molar-refractivity contribution < 1.29 is 13.5 Å². The molecular weight excluding hydrogens is 186 g/mol. The summed E-state index contributed by atoms with van der Waals surface area (Å²) in [6, 6.07) is 0. The summed E-state index contributed by atoms with van der Waals surface area (Å²) in [6.45, 7) is 0. The molecule has 0 unspecified atom stereocenters. The lowest BCUT2D eigenvalue weighted by atomic mass is 9.84. The standard InChI is InChI=1S/C6H10F2O.C5H10/c1-9-6(7,8)5-3-2-4-5;1-2-4-5-3-1/h5H,2-4H2,1H3;1-5H2. The second-order valence-electron chi connectivity index (χ2n) is 4.16. The highest BCUT2D eigenvalue weighted by Crippen LogP contribution is 2.39. The summed E-state index contributed by atoms with van der Waals surface area (Å²) < 4.78 is 28.8. The molecule has 0 aromatic rings. The fourth-order valence-electron chi connectivity index (χ4n) is 1.79. The minimum atomic E-state index is -2.86. The second kappa shape index (κ2) is 5.64. The van der Waals surface area contributed by atoms with Gasteiger partial charge in [0, 0.05) is 7.11 Å². The Morgan fingerprint density at radius 3 is 1.50 bits per heavy atom. The maximum Gasteiger partial charge on any atom is 0.358 e. The van der Waals surface area contributed by atoms with Gasteiger partial charge in [0.15, 0.2) is 0 Å². The molecule has 2 aliphatic carbocycles. The molecule has 0 saturated heterocycles. The van der Waals surface area contributed by atoms with E-state index in [9.17, 15) is 8.78 Å². The van der Waals surface area contributed by atoms with E-state index in [0.717, 1.165) is 13.5 Å². The molecule has 0 bridgehead atoms. The van der Waals surface area contributed by atoms with Crippen molar-refractivity contribution in [2.45, 2.75) is 57.5 Å². The monoisotopic (exact) mass is 206 g/mol. The normalized spacial score (nSPS) is 22.5. The van der Waals surface area contributed by atoms with Crippen LogP contribution in [0.4, 0.5) is 8.78 Å². The van der Waals surface area contributed by atoms with Crippen LogP contribution in [-0.2, 0) is 4.74 Å². The van der Waals surface area contributed by atoms with E-state index in [4.69, 9.17) is 0 Å². The van der Waals surface area contributed by atoms with Crippen LogP contribution in [0.1, 0.15) is 51.4 Å². The number of alkyl halides is 2. The lowest BCUT2D eigenvalue weighted by Gasteiger charge is -2.31. The van der Waals surface area contributed by atoms with Gasteiger partial charge in [-0.3, -0.25) is 0 Å². The summed E-state index contributed by atoms with van der Waals surface area (Å²) >= 11 is 0. The molecule has 0 amide bonds. The van der Waals surface area contributed by atoms with E-state index < -0.39 is 12.0 Å². The first-order valence-corrected chi connectivity index (χ1v) is 5.60. The Morgan fingerprint density at radius 2 is 1.36 bits per heavy atom. The van der Waals surface area contributed by atoms with Gasteiger partial charge in [-0.25, -0.2) is 0 Å². The molecule has 2 rings (SSSR count). The number of ether oxygens (including phenoxy) is 1. The lowest BCUT2D eigenvalue weighted by molar-refractivity contribution is -0.270. The maximum atomic E-state index is 12.4. The third-order valence-corrected chi connectivity index (χ3v) is 3.10. The van der Waals surface area contributed by atoms with E-state index in [1.54, 1.807) is 0 Å². The predicted molar refractivity (Wildman–Crippen MR) is 52.4 cm³/mol. The van der Waals surface area contributed by atoms with Crippen LogP contribution in [0, 0.1) is 5.92 Å². The van der Waals surface area contributed by atoms with Crippen molar-refractivity contribution in [1.29, 1.82) is 0 Å². The smallest absolute Gasteiger partial charge is 0.324 e. The largest absolute Gasteiger partial charge is 0.358 e. The molecule has 0 aromatic heterocycles. The summed E-state index contributed by atoms with van der Waals surface area (Å²) in [4.78, 5) is 0. The Morgan fingerprint density at radius 1 is 0.929 bits per heavy atom. The average molecular weight is 206 g/mol. The summed E-state index contributed by atoms with van der Waals surface area (Å²) in [5.41, 5.74) is 0. The van der Waals surface area contributed by atoms with Gasteiger partial charge in [0.05, 0.1) is 5.92 Å². The van der Waals surface area contributed by atoms with Crippen molar-refractivity contribution in [1.82, 2.24) is 0 Å². The van der Waals surface area contributed by atoms with Gasteiger partial charge >= 0.3 is 6.11 Å². The molecule has 0 heterocycles. The molecule has 0 atom stereocenters. The van der Waals surface area contributed by atoms with Crippen LogP contribution in [0.2, 0.25) is 0 Å². The van der Waals surface area contributed by atoms with E-state index in [1.165, 1.54) is 32.1 Å². The molecule has 1 nitrogen and oxygen atoms in total. The van der Waals surface area contributed by atoms with Gasteiger partial charge in [-0.15, -0.1) is 0 Å². The van der Waals surface area contributed by atoms with E-state index in [1.807, 2.05) is 0 Å². The Bertz CT molecular complexity index is 144. The van der Waals surface area contributed by atoms with Gasteiger partial charge in [0.2, 0.25) is 0 Å². The number of halogens is 2. The number of hydrogen-bond acceptors (Lipinski definition) is 1. The van der Waals surface area contributed by atoms with E-state index >= 15 is 0 Å². The van der Waals surface area contributed by atoms with Crippen LogP contribution in [0.5, 0.6) is 0 Å². The Kier molecular flexibility index (Phi) is 4.79. The van der Waals surface area contributed by atoms with Crippen LogP contribution in [0.25, 0.3) is 0 Å². The van der Waals surface area contributed by atoms with Crippen LogP contribution in [-0.4, -0.2) is 13.2 Å². The zero-order valence-corrected chi connectivity index (χ0v) is 8.90. The molecule has 3 heteroatoms. The third-order valence-electron chi connectivity index (χ3n) is 3.10. The molecule has 0 aliphatic heterocycles. The summed E-state index contributed by atoms with van der Waals surface area (Å²) in [5.74, 6) is -0.512. The number of methoxy groups -OCH3 is 1. The first-order chi connectivity index (χ1) is 6.67. The van der Waals surface area contributed by atoms with Gasteiger partial charge in [-0.1, -0.05) is 38.5 Å². The van der Waals surface area contributed by atoms with Crippen LogP contribution >= 0.6 is 0 Å². The van der Waals surface area contributed by atoms with Gasteiger partial charge in [0.1, 0.15) is 0 Å². The molecule has 2 fully saturated rings. The van der Waals surface area contributed by atoms with Crippen molar-refractivity contribution in [3.8, 4) is 0 Å². The first kappa shape index (κ1) is 11.9. The van der Waals surface area contributed by atoms with Gasteiger partial charge in [-0.05, 0) is 12.8 Å². The average Bonchev–Trinajstić information content (AvgIpc) is 2.56. The Balaban J connectivity index is 0.000000165. The predicted octanol–water partition coefficient (Wildman–Crippen LogP) is 3.98. The minimum Gasteiger partial charge on any atom is -0.324 e. The van der Waals surface area contributed by atoms with Crippen LogP contribution in [0.15, 0.2) is 0 Å². The molecule has 2 saturated carbocycles. The fraction of sp³-hybridized carbons (Fsp3) is 1.00. The summed E-state index contributed by atoms with van der Waals surface area (Å²) in [7, 11) is 1.05. The molecular formula is C11H20F2O. The molecule has 0 aromatic carbocycles. The molecule has 14 heavy (non-hydrogen) atoms. The van der Waals surface area contributed by atoms with Gasteiger partial charge in [0.25, 0.3) is 0 Å². The third kappa shape index (κ3) is 3.52. The van der Waals surface area contributed by atoms with Crippen molar-refractivity contribution in [3.05, 3.63) is 0 Å². The molecule has 0 radical (unpaired) electrons. The zero-order chi connectivity index (χ0) is 10.4. The van der Waals surface area contributed by atoms with E-state index in [-0.39, 0.29) is 0 Å². The Labute approximate surface area is 84.8 Å². The van der Waals surface area contributed by atoms with E-state index in [2.05, 4.69) is 4.74 Å². The van der Waals surface area contributed by atoms with Crippen LogP contribution < -0.4 is 0 Å². The molecule has 84 valence electrons.